The highest BCUT2D eigenvalue weighted by molar-refractivity contribution is 9.10. The maximum Gasteiger partial charge on any atom is 0.334 e. The summed E-state index contributed by atoms with van der Waals surface area (Å²) in [6.07, 6.45) is 3.94. The van der Waals surface area contributed by atoms with Gasteiger partial charge >= 0.3 is 5.97 Å². The maximum atomic E-state index is 12.2. The zero-order chi connectivity index (χ0) is 14.0. The average Bonchev–Trinajstić information content (AvgIpc) is 2.76. The summed E-state index contributed by atoms with van der Waals surface area (Å²) < 4.78 is 6.53. The zero-order valence-corrected chi connectivity index (χ0v) is 13.2. The monoisotopic (exact) mass is 322 g/mol. The van der Waals surface area contributed by atoms with Crippen LogP contribution in [-0.4, -0.2) is 11.6 Å². The molecule has 0 amide bonds. The number of carbonyl (C=O) groups excluding carboxylic acids is 1. The summed E-state index contributed by atoms with van der Waals surface area (Å²) >= 11 is 3.43. The molecule has 0 heterocycles. The van der Waals surface area contributed by atoms with Crippen LogP contribution >= 0.6 is 15.9 Å². The van der Waals surface area contributed by atoms with Crippen molar-refractivity contribution in [1.82, 2.24) is 0 Å². The molecule has 0 aliphatic heterocycles. The summed E-state index contributed by atoms with van der Waals surface area (Å²) in [5.41, 5.74) is 1.54. The van der Waals surface area contributed by atoms with Crippen LogP contribution < -0.4 is 0 Å². The van der Waals surface area contributed by atoms with E-state index in [0.29, 0.717) is 0 Å². The molecule has 102 valence electrons. The van der Waals surface area contributed by atoms with Gasteiger partial charge in [0.25, 0.3) is 0 Å². The van der Waals surface area contributed by atoms with Gasteiger partial charge in [0.2, 0.25) is 0 Å². The lowest BCUT2D eigenvalue weighted by Gasteiger charge is -2.22. The minimum atomic E-state index is -0.440. The molecular formula is C16H19BrO2. The van der Waals surface area contributed by atoms with Gasteiger partial charge in [-0.05, 0) is 51.3 Å². The van der Waals surface area contributed by atoms with Crippen molar-refractivity contribution in [3.63, 3.8) is 0 Å². The van der Waals surface area contributed by atoms with Gasteiger partial charge in [-0.3, -0.25) is 0 Å². The van der Waals surface area contributed by atoms with E-state index in [2.05, 4.69) is 28.1 Å². The number of halogens is 1. The Bertz CT molecular complexity index is 494. The largest absolute Gasteiger partial charge is 0.457 e. The van der Waals surface area contributed by atoms with Crippen molar-refractivity contribution in [3.8, 4) is 0 Å². The summed E-state index contributed by atoms with van der Waals surface area (Å²) in [5, 5.41) is 0. The third kappa shape index (κ3) is 3.69. The quantitative estimate of drug-likeness (QED) is 0.744. The average molecular weight is 323 g/mol. The van der Waals surface area contributed by atoms with Gasteiger partial charge in [0.05, 0.1) is 0 Å². The highest BCUT2D eigenvalue weighted by Crippen LogP contribution is 2.36. The van der Waals surface area contributed by atoms with Gasteiger partial charge in [0.15, 0.2) is 0 Å². The van der Waals surface area contributed by atoms with Crippen LogP contribution in [0.25, 0.3) is 0 Å². The smallest absolute Gasteiger partial charge is 0.334 e. The lowest BCUT2D eigenvalue weighted by Crippen LogP contribution is -2.25. The first-order valence-electron chi connectivity index (χ1n) is 6.56. The predicted octanol–water partition coefficient (Wildman–Crippen LogP) is 4.59. The van der Waals surface area contributed by atoms with Crippen LogP contribution in [0.5, 0.6) is 0 Å². The van der Waals surface area contributed by atoms with E-state index in [1.807, 2.05) is 39.0 Å². The number of allylic oxidation sites excluding steroid dienone is 1. The lowest BCUT2D eigenvalue weighted by atomic mass is 9.92. The zero-order valence-electron chi connectivity index (χ0n) is 11.6. The van der Waals surface area contributed by atoms with E-state index < -0.39 is 5.60 Å². The van der Waals surface area contributed by atoms with Crippen molar-refractivity contribution < 1.29 is 9.53 Å². The van der Waals surface area contributed by atoms with E-state index >= 15 is 0 Å². The Balaban J connectivity index is 2.17. The first-order valence-corrected chi connectivity index (χ1v) is 7.35. The molecule has 1 unspecified atom stereocenters. The Labute approximate surface area is 123 Å². The SMILES string of the molecule is CC(C)(C)OC(=O)C1=CCCC1c1ccc(Br)cc1. The third-order valence-corrected chi connectivity index (χ3v) is 3.63. The first-order chi connectivity index (χ1) is 8.87. The predicted molar refractivity (Wildman–Crippen MR) is 80.0 cm³/mol. The normalized spacial score (nSPS) is 19.2. The van der Waals surface area contributed by atoms with E-state index in [9.17, 15) is 4.79 Å². The minimum Gasteiger partial charge on any atom is -0.457 e. The van der Waals surface area contributed by atoms with Crippen LogP contribution in [0.1, 0.15) is 45.1 Å². The highest BCUT2D eigenvalue weighted by atomic mass is 79.9. The fourth-order valence-corrected chi connectivity index (χ4v) is 2.57. The summed E-state index contributed by atoms with van der Waals surface area (Å²) in [6, 6.07) is 8.16. The molecule has 0 saturated carbocycles. The van der Waals surface area contributed by atoms with Crippen molar-refractivity contribution in [2.75, 3.05) is 0 Å². The van der Waals surface area contributed by atoms with Crippen molar-refractivity contribution in [3.05, 3.63) is 46.0 Å². The molecule has 1 aliphatic carbocycles. The van der Waals surface area contributed by atoms with Crippen molar-refractivity contribution in [1.29, 1.82) is 0 Å². The summed E-state index contributed by atoms with van der Waals surface area (Å²) in [4.78, 5) is 12.2. The van der Waals surface area contributed by atoms with Crippen LogP contribution in [0.15, 0.2) is 40.4 Å². The van der Waals surface area contributed by atoms with E-state index in [4.69, 9.17) is 4.74 Å². The highest BCUT2D eigenvalue weighted by Gasteiger charge is 2.29. The Morgan fingerprint density at radius 2 is 1.89 bits per heavy atom. The molecule has 2 nitrogen and oxygen atoms in total. The molecule has 3 heteroatoms. The van der Waals surface area contributed by atoms with Gasteiger partial charge in [-0.2, -0.15) is 0 Å². The van der Waals surface area contributed by atoms with Gasteiger partial charge in [0, 0.05) is 16.0 Å². The first kappa shape index (κ1) is 14.3. The van der Waals surface area contributed by atoms with Gasteiger partial charge in [-0.25, -0.2) is 4.79 Å². The number of ether oxygens (including phenoxy) is 1. The van der Waals surface area contributed by atoms with E-state index in [0.717, 1.165) is 22.9 Å². The number of hydrogen-bond acceptors (Lipinski definition) is 2. The third-order valence-electron chi connectivity index (χ3n) is 3.10. The molecule has 0 spiro atoms. The summed E-state index contributed by atoms with van der Waals surface area (Å²) in [7, 11) is 0. The summed E-state index contributed by atoms with van der Waals surface area (Å²) in [6.45, 7) is 5.69. The maximum absolute atomic E-state index is 12.2. The van der Waals surface area contributed by atoms with Crippen molar-refractivity contribution in [2.45, 2.75) is 45.1 Å². The number of carbonyl (C=O) groups is 1. The van der Waals surface area contributed by atoms with E-state index in [1.165, 1.54) is 5.56 Å². The second kappa shape index (κ2) is 5.49. The Hall–Kier alpha value is -1.09. The molecule has 0 N–H and O–H groups in total. The van der Waals surface area contributed by atoms with Gasteiger partial charge in [0.1, 0.15) is 5.60 Å². The molecule has 0 aromatic heterocycles. The van der Waals surface area contributed by atoms with E-state index in [-0.39, 0.29) is 11.9 Å². The second-order valence-corrected chi connectivity index (χ2v) is 6.76. The molecule has 0 bridgehead atoms. The second-order valence-electron chi connectivity index (χ2n) is 5.84. The molecule has 0 fully saturated rings. The molecule has 1 aliphatic rings. The van der Waals surface area contributed by atoms with Crippen molar-refractivity contribution in [2.24, 2.45) is 0 Å². The van der Waals surface area contributed by atoms with Gasteiger partial charge < -0.3 is 4.74 Å². The van der Waals surface area contributed by atoms with Crippen LogP contribution in [0, 0.1) is 0 Å². The molecule has 2 rings (SSSR count). The molecule has 0 radical (unpaired) electrons. The summed E-state index contributed by atoms with van der Waals surface area (Å²) in [5.74, 6) is -0.0131. The standard InChI is InChI=1S/C16H19BrO2/c1-16(2,3)19-15(18)14-6-4-5-13(14)11-7-9-12(17)10-8-11/h6-10,13H,4-5H2,1-3H3. The van der Waals surface area contributed by atoms with Crippen LogP contribution in [0.3, 0.4) is 0 Å². The molecule has 1 aromatic rings. The Morgan fingerprint density at radius 3 is 2.47 bits per heavy atom. The fourth-order valence-electron chi connectivity index (χ4n) is 2.31. The molecular weight excluding hydrogens is 304 g/mol. The Kier molecular flexibility index (Phi) is 4.14. The number of hydrogen-bond donors (Lipinski definition) is 0. The van der Waals surface area contributed by atoms with E-state index in [1.54, 1.807) is 0 Å². The fraction of sp³-hybridized carbons (Fsp3) is 0.438. The molecule has 1 aromatic carbocycles. The topological polar surface area (TPSA) is 26.3 Å². The molecule has 19 heavy (non-hydrogen) atoms. The van der Waals surface area contributed by atoms with Gasteiger partial charge in [-0.1, -0.05) is 34.1 Å². The van der Waals surface area contributed by atoms with Crippen LogP contribution in [0.4, 0.5) is 0 Å². The number of esters is 1. The van der Waals surface area contributed by atoms with Crippen molar-refractivity contribution >= 4 is 21.9 Å². The minimum absolute atomic E-state index is 0.169. The number of rotatable bonds is 2. The van der Waals surface area contributed by atoms with Crippen LogP contribution in [-0.2, 0) is 9.53 Å². The molecule has 0 saturated heterocycles. The van der Waals surface area contributed by atoms with Gasteiger partial charge in [-0.15, -0.1) is 0 Å². The molecule has 1 atom stereocenters. The number of benzene rings is 1. The Morgan fingerprint density at radius 1 is 1.26 bits per heavy atom. The van der Waals surface area contributed by atoms with Crippen LogP contribution in [0.2, 0.25) is 0 Å². The lowest BCUT2D eigenvalue weighted by molar-refractivity contribution is -0.150.